The second kappa shape index (κ2) is 10.2. The summed E-state index contributed by atoms with van der Waals surface area (Å²) in [5.74, 6) is 1.02. The first kappa shape index (κ1) is 23.9. The molecule has 3 amide bonds. The smallest absolute Gasteiger partial charge is 0.321 e. The van der Waals surface area contributed by atoms with Crippen LogP contribution in [-0.2, 0) is 4.79 Å². The van der Waals surface area contributed by atoms with Gasteiger partial charge < -0.3 is 15.0 Å². The Morgan fingerprint density at radius 3 is 2.47 bits per heavy atom. The van der Waals surface area contributed by atoms with Crippen molar-refractivity contribution < 1.29 is 14.3 Å². The minimum Gasteiger partial charge on any atom is -0.495 e. The number of anilines is 1. The van der Waals surface area contributed by atoms with Crippen LogP contribution in [0, 0.1) is 0 Å². The number of hydrogen-bond acceptors (Lipinski definition) is 7. The van der Waals surface area contributed by atoms with E-state index >= 15 is 0 Å². The molecule has 0 radical (unpaired) electrons. The van der Waals surface area contributed by atoms with E-state index in [1.807, 2.05) is 49.6 Å². The summed E-state index contributed by atoms with van der Waals surface area (Å²) in [6.45, 7) is 9.11. The Labute approximate surface area is 193 Å². The molecule has 0 unspecified atom stereocenters. The number of para-hydroxylation sites is 2. The molecular weight excluding hydrogens is 428 g/mol. The molecule has 0 saturated carbocycles. The molecule has 1 aliphatic heterocycles. The topological polar surface area (TPSA) is 101 Å². The van der Waals surface area contributed by atoms with Crippen LogP contribution in [0.3, 0.4) is 0 Å². The molecule has 0 spiro atoms. The zero-order valence-corrected chi connectivity index (χ0v) is 20.2. The van der Waals surface area contributed by atoms with Crippen molar-refractivity contribution in [1.29, 1.82) is 0 Å². The van der Waals surface area contributed by atoms with Crippen molar-refractivity contribution in [2.24, 2.45) is 0 Å². The summed E-state index contributed by atoms with van der Waals surface area (Å²) in [7, 11) is 1.63. The molecule has 0 bridgehead atoms. The molecule has 1 fully saturated rings. The predicted molar refractivity (Wildman–Crippen MR) is 126 cm³/mol. The molecule has 1 saturated heterocycles. The van der Waals surface area contributed by atoms with Gasteiger partial charge in [0.1, 0.15) is 5.75 Å². The van der Waals surface area contributed by atoms with Crippen LogP contribution in [0.1, 0.15) is 47.0 Å². The Balaban J connectivity index is 1.87. The van der Waals surface area contributed by atoms with Crippen LogP contribution in [0.4, 0.5) is 10.7 Å². The van der Waals surface area contributed by atoms with Gasteiger partial charge in [-0.1, -0.05) is 23.9 Å². The number of aromatic nitrogens is 3. The van der Waals surface area contributed by atoms with E-state index in [4.69, 9.17) is 4.74 Å². The van der Waals surface area contributed by atoms with Crippen molar-refractivity contribution >= 4 is 29.6 Å². The number of benzene rings is 1. The number of urea groups is 1. The van der Waals surface area contributed by atoms with Gasteiger partial charge in [-0.25, -0.2) is 4.79 Å². The van der Waals surface area contributed by atoms with Crippen LogP contribution >= 0.6 is 11.8 Å². The molecular formula is C22H32N6O3S. The van der Waals surface area contributed by atoms with Crippen LogP contribution in [0.25, 0.3) is 5.69 Å². The summed E-state index contributed by atoms with van der Waals surface area (Å²) in [5.41, 5.74) is 0.370. The first-order valence-corrected chi connectivity index (χ1v) is 11.7. The lowest BCUT2D eigenvalue weighted by molar-refractivity contribution is -0.119. The maximum absolute atomic E-state index is 12.6. The van der Waals surface area contributed by atoms with Crippen LogP contribution in [-0.4, -0.2) is 57.7 Å². The van der Waals surface area contributed by atoms with Gasteiger partial charge >= 0.3 is 6.03 Å². The molecule has 1 atom stereocenters. The molecule has 2 N–H and O–H groups in total. The molecule has 1 aromatic heterocycles. The van der Waals surface area contributed by atoms with Gasteiger partial charge in [0.2, 0.25) is 11.9 Å². The minimum absolute atomic E-state index is 0.397. The normalized spacial score (nSPS) is 15.2. The summed E-state index contributed by atoms with van der Waals surface area (Å²) in [5, 5.41) is 14.0. The van der Waals surface area contributed by atoms with Gasteiger partial charge in [-0.3, -0.25) is 14.7 Å². The van der Waals surface area contributed by atoms with E-state index in [0.29, 0.717) is 10.9 Å². The molecule has 1 aromatic carbocycles. The number of hydrogen-bond donors (Lipinski definition) is 2. The Hall–Kier alpha value is -2.75. The van der Waals surface area contributed by atoms with Crippen LogP contribution in [0.5, 0.6) is 5.75 Å². The number of carbonyl (C=O) groups is 2. The number of nitrogens with one attached hydrogen (secondary N) is 2. The lowest BCUT2D eigenvalue weighted by Gasteiger charge is -2.28. The summed E-state index contributed by atoms with van der Waals surface area (Å²) >= 11 is 1.25. The number of methoxy groups -OCH3 is 1. The van der Waals surface area contributed by atoms with E-state index in [-0.39, 0.29) is 0 Å². The minimum atomic E-state index is -0.562. The van der Waals surface area contributed by atoms with Crippen molar-refractivity contribution in [2.75, 3.05) is 25.1 Å². The number of nitrogens with zero attached hydrogens (tertiary/aromatic N) is 4. The SMILES string of the molecule is COc1ccccc1-n1c(S[C@H](C)C(=O)NC(=O)NC(C)(C)C)nnc1N1CCCCC1. The van der Waals surface area contributed by atoms with Crippen molar-refractivity contribution in [2.45, 2.75) is 62.9 Å². The lowest BCUT2D eigenvalue weighted by atomic mass is 10.1. The molecule has 10 heteroatoms. The van der Waals surface area contributed by atoms with Gasteiger partial charge in [0, 0.05) is 18.6 Å². The molecule has 3 rings (SSSR count). The Kier molecular flexibility index (Phi) is 7.65. The fourth-order valence-electron chi connectivity index (χ4n) is 3.46. The van der Waals surface area contributed by atoms with Gasteiger partial charge in [-0.05, 0) is 59.1 Å². The first-order chi connectivity index (χ1) is 15.2. The highest BCUT2D eigenvalue weighted by Gasteiger charge is 2.27. The van der Waals surface area contributed by atoms with E-state index < -0.39 is 22.7 Å². The lowest BCUT2D eigenvalue weighted by Crippen LogP contribution is -2.49. The number of ether oxygens (including phenoxy) is 1. The quantitative estimate of drug-likeness (QED) is 0.637. The highest BCUT2D eigenvalue weighted by Crippen LogP contribution is 2.34. The Bertz CT molecular complexity index is 949. The average Bonchev–Trinajstić information content (AvgIpc) is 3.16. The molecule has 2 aromatic rings. The van der Waals surface area contributed by atoms with E-state index in [1.54, 1.807) is 14.0 Å². The van der Waals surface area contributed by atoms with Crippen LogP contribution < -0.4 is 20.3 Å². The number of imide groups is 1. The van der Waals surface area contributed by atoms with Crippen LogP contribution in [0.2, 0.25) is 0 Å². The molecule has 0 aliphatic carbocycles. The third-order valence-corrected chi connectivity index (χ3v) is 6.00. The fourth-order valence-corrected chi connectivity index (χ4v) is 4.32. The van der Waals surface area contributed by atoms with Crippen LogP contribution in [0.15, 0.2) is 29.4 Å². The van der Waals surface area contributed by atoms with E-state index in [2.05, 4.69) is 25.7 Å². The number of amides is 3. The molecule has 9 nitrogen and oxygen atoms in total. The van der Waals surface area contributed by atoms with Gasteiger partial charge in [0.05, 0.1) is 18.0 Å². The summed E-state index contributed by atoms with van der Waals surface area (Å²) in [6, 6.07) is 7.15. The van der Waals surface area contributed by atoms with Gasteiger partial charge in [0.25, 0.3) is 0 Å². The zero-order chi connectivity index (χ0) is 23.3. The van der Waals surface area contributed by atoms with Gasteiger partial charge in [-0.2, -0.15) is 0 Å². The highest BCUT2D eigenvalue weighted by molar-refractivity contribution is 8.00. The predicted octanol–water partition coefficient (Wildman–Crippen LogP) is 3.37. The van der Waals surface area contributed by atoms with Gasteiger partial charge in [-0.15, -0.1) is 10.2 Å². The van der Waals surface area contributed by atoms with E-state index in [9.17, 15) is 9.59 Å². The largest absolute Gasteiger partial charge is 0.495 e. The monoisotopic (exact) mass is 460 g/mol. The standard InChI is InChI=1S/C22H32N6O3S/c1-15(18(29)23-19(30)24-22(2,3)4)32-21-26-25-20(27-13-9-6-10-14-27)28(21)16-11-7-8-12-17(16)31-5/h7-8,11-12,15H,6,9-10,13-14H2,1-5H3,(H2,23,24,29,30)/t15-/m1/s1. The maximum Gasteiger partial charge on any atom is 0.321 e. The first-order valence-electron chi connectivity index (χ1n) is 10.8. The Morgan fingerprint density at radius 2 is 1.81 bits per heavy atom. The van der Waals surface area contributed by atoms with Crippen molar-refractivity contribution in [1.82, 2.24) is 25.4 Å². The third-order valence-electron chi connectivity index (χ3n) is 4.96. The molecule has 1 aliphatic rings. The van der Waals surface area contributed by atoms with Crippen molar-refractivity contribution in [3.8, 4) is 11.4 Å². The maximum atomic E-state index is 12.6. The fraction of sp³-hybridized carbons (Fsp3) is 0.545. The van der Waals surface area contributed by atoms with Gasteiger partial charge in [0.15, 0.2) is 5.16 Å². The van der Waals surface area contributed by atoms with E-state index in [1.165, 1.54) is 18.2 Å². The van der Waals surface area contributed by atoms with Crippen molar-refractivity contribution in [3.05, 3.63) is 24.3 Å². The molecule has 2 heterocycles. The third kappa shape index (κ3) is 5.93. The second-order valence-electron chi connectivity index (χ2n) is 8.79. The summed E-state index contributed by atoms with van der Waals surface area (Å²) in [4.78, 5) is 27.0. The Morgan fingerprint density at radius 1 is 1.12 bits per heavy atom. The second-order valence-corrected chi connectivity index (χ2v) is 10.1. The number of rotatable bonds is 6. The summed E-state index contributed by atoms with van der Waals surface area (Å²) in [6.07, 6.45) is 3.40. The number of thioether (sulfide) groups is 1. The molecule has 32 heavy (non-hydrogen) atoms. The average molecular weight is 461 g/mol. The zero-order valence-electron chi connectivity index (χ0n) is 19.3. The number of piperidine rings is 1. The van der Waals surface area contributed by atoms with E-state index in [0.717, 1.165) is 37.6 Å². The van der Waals surface area contributed by atoms with Crippen molar-refractivity contribution in [3.63, 3.8) is 0 Å². The molecule has 174 valence electrons. The highest BCUT2D eigenvalue weighted by atomic mass is 32.2. The summed E-state index contributed by atoms with van der Waals surface area (Å²) < 4.78 is 7.52. The number of carbonyl (C=O) groups excluding carboxylic acids is 2.